The van der Waals surface area contributed by atoms with Gasteiger partial charge in [-0.25, -0.2) is 4.98 Å². The van der Waals surface area contributed by atoms with Crippen LogP contribution in [0.3, 0.4) is 0 Å². The molecule has 120 valence electrons. The molecule has 2 aliphatic rings. The fourth-order valence-corrected chi connectivity index (χ4v) is 3.34. The van der Waals surface area contributed by atoms with Crippen molar-refractivity contribution in [1.29, 1.82) is 0 Å². The highest BCUT2D eigenvalue weighted by molar-refractivity contribution is 5.97. The molecule has 2 N–H and O–H groups in total. The molecule has 1 aromatic carbocycles. The number of fused-ring (bicyclic) bond motifs is 2. The second kappa shape index (κ2) is 5.34. The zero-order chi connectivity index (χ0) is 16.0. The lowest BCUT2D eigenvalue weighted by Crippen LogP contribution is -2.61. The Kier molecular flexibility index (Phi) is 3.30. The highest BCUT2D eigenvalue weighted by Gasteiger charge is 2.36. The number of piperidine rings is 1. The lowest BCUT2D eigenvalue weighted by Gasteiger charge is -2.41. The maximum absolute atomic E-state index is 12.7. The molecule has 0 saturated carbocycles. The number of benzene rings is 1. The fraction of sp³-hybridized carbons (Fsp3) is 0.438. The van der Waals surface area contributed by atoms with Crippen LogP contribution < -0.4 is 5.32 Å². The summed E-state index contributed by atoms with van der Waals surface area (Å²) in [4.78, 5) is 33.5. The number of nitrogens with zero attached hydrogens (tertiary/aromatic N) is 2. The van der Waals surface area contributed by atoms with Gasteiger partial charge in [0.25, 0.3) is 5.91 Å². The number of carbonyl (C=O) groups is 2. The molecular weight excluding hydrogens is 296 g/mol. The monoisotopic (exact) mass is 314 g/mol. The van der Waals surface area contributed by atoms with Crippen LogP contribution >= 0.6 is 0 Å². The summed E-state index contributed by atoms with van der Waals surface area (Å²) in [6.07, 6.45) is 0.747. The van der Waals surface area contributed by atoms with Crippen LogP contribution in [0.25, 0.3) is 11.0 Å². The first-order valence-corrected chi connectivity index (χ1v) is 7.77. The summed E-state index contributed by atoms with van der Waals surface area (Å²) in [5.74, 6) is 0.680. The van der Waals surface area contributed by atoms with Gasteiger partial charge in [-0.1, -0.05) is 0 Å². The van der Waals surface area contributed by atoms with E-state index in [0.29, 0.717) is 18.7 Å². The molecule has 2 aromatic rings. The Bertz CT molecular complexity index is 785. The Morgan fingerprint density at radius 3 is 3.17 bits per heavy atom. The second-order valence-corrected chi connectivity index (χ2v) is 6.12. The van der Waals surface area contributed by atoms with Crippen LogP contribution in [0.1, 0.15) is 22.6 Å². The summed E-state index contributed by atoms with van der Waals surface area (Å²) < 4.78 is 5.53. The zero-order valence-electron chi connectivity index (χ0n) is 12.8. The second-order valence-electron chi connectivity index (χ2n) is 6.12. The Hall–Kier alpha value is -2.41. The van der Waals surface area contributed by atoms with Gasteiger partial charge in [0.05, 0.1) is 23.2 Å². The molecule has 0 unspecified atom stereocenters. The number of nitrogens with one attached hydrogen (secondary N) is 2. The number of aromatic amines is 1. The number of aromatic nitrogens is 2. The number of ether oxygens (including phenoxy) is 1. The third kappa shape index (κ3) is 2.57. The molecule has 23 heavy (non-hydrogen) atoms. The molecule has 2 fully saturated rings. The van der Waals surface area contributed by atoms with Crippen molar-refractivity contribution in [3.63, 3.8) is 0 Å². The first-order chi connectivity index (χ1) is 11.1. The minimum absolute atomic E-state index is 0.00878. The molecule has 2 saturated heterocycles. The van der Waals surface area contributed by atoms with E-state index in [1.165, 1.54) is 0 Å². The summed E-state index contributed by atoms with van der Waals surface area (Å²) in [6.45, 7) is 3.12. The van der Waals surface area contributed by atoms with Gasteiger partial charge >= 0.3 is 0 Å². The van der Waals surface area contributed by atoms with Crippen LogP contribution in [0.15, 0.2) is 18.2 Å². The average molecular weight is 314 g/mol. The molecule has 4 rings (SSSR count). The summed E-state index contributed by atoms with van der Waals surface area (Å²) in [7, 11) is 0. The maximum atomic E-state index is 12.7. The molecule has 3 heterocycles. The van der Waals surface area contributed by atoms with E-state index in [-0.39, 0.29) is 30.6 Å². The van der Waals surface area contributed by atoms with E-state index in [4.69, 9.17) is 4.74 Å². The molecule has 2 atom stereocenters. The van der Waals surface area contributed by atoms with E-state index in [1.54, 1.807) is 11.0 Å². The van der Waals surface area contributed by atoms with Gasteiger partial charge in [0.1, 0.15) is 12.4 Å². The fourth-order valence-electron chi connectivity index (χ4n) is 3.34. The van der Waals surface area contributed by atoms with Gasteiger partial charge in [0, 0.05) is 18.7 Å². The minimum atomic E-state index is -0.118. The molecule has 7 nitrogen and oxygen atoms in total. The Balaban J connectivity index is 1.54. The van der Waals surface area contributed by atoms with Crippen molar-refractivity contribution in [1.82, 2.24) is 20.2 Å². The summed E-state index contributed by atoms with van der Waals surface area (Å²) in [5.41, 5.74) is 2.34. The summed E-state index contributed by atoms with van der Waals surface area (Å²) in [5, 5.41) is 2.91. The van der Waals surface area contributed by atoms with Gasteiger partial charge in [-0.2, -0.15) is 0 Å². The molecule has 1 aromatic heterocycles. The smallest absolute Gasteiger partial charge is 0.254 e. The molecular formula is C16H18N4O3. The molecule has 0 aliphatic carbocycles. The standard InChI is InChI=1S/C16H18N4O3/c1-9-17-11-3-2-10(6-12(11)18-9)16(22)20-5-4-14-13(7-20)19-15(21)8-23-14/h2-3,6,13-14H,4-5,7-8H2,1H3,(H,17,18)(H,19,21)/t13-,14+/m0/s1. The number of aryl methyl sites for hydroxylation is 1. The van der Waals surface area contributed by atoms with Gasteiger partial charge in [-0.3, -0.25) is 9.59 Å². The van der Waals surface area contributed by atoms with Crippen molar-refractivity contribution in [2.75, 3.05) is 19.7 Å². The van der Waals surface area contributed by atoms with Crippen molar-refractivity contribution in [3.05, 3.63) is 29.6 Å². The van der Waals surface area contributed by atoms with Gasteiger partial charge in [-0.15, -0.1) is 0 Å². The number of hydrogen-bond donors (Lipinski definition) is 2. The first-order valence-electron chi connectivity index (χ1n) is 7.77. The van der Waals surface area contributed by atoms with Gasteiger partial charge in [0.15, 0.2) is 0 Å². The van der Waals surface area contributed by atoms with Crippen molar-refractivity contribution in [2.45, 2.75) is 25.5 Å². The molecule has 2 amide bonds. The van der Waals surface area contributed by atoms with E-state index < -0.39 is 0 Å². The predicted octanol–water partition coefficient (Wildman–Crippen LogP) is 0.601. The molecule has 7 heteroatoms. The highest BCUT2D eigenvalue weighted by atomic mass is 16.5. The van der Waals surface area contributed by atoms with Gasteiger partial charge in [-0.05, 0) is 31.5 Å². The number of imidazole rings is 1. The SMILES string of the molecule is Cc1nc2ccc(C(=O)N3CC[C@H]4OCC(=O)N[C@H]4C3)cc2[nH]1. The van der Waals surface area contributed by atoms with E-state index in [9.17, 15) is 9.59 Å². The van der Waals surface area contributed by atoms with Crippen LogP contribution in [-0.4, -0.2) is 58.5 Å². The summed E-state index contributed by atoms with van der Waals surface area (Å²) >= 11 is 0. The number of amides is 2. The molecule has 0 radical (unpaired) electrons. The molecule has 2 aliphatic heterocycles. The third-order valence-corrected chi connectivity index (χ3v) is 4.46. The largest absolute Gasteiger partial charge is 0.366 e. The highest BCUT2D eigenvalue weighted by Crippen LogP contribution is 2.21. The number of hydrogen-bond acceptors (Lipinski definition) is 4. The van der Waals surface area contributed by atoms with E-state index in [2.05, 4.69) is 15.3 Å². The van der Waals surface area contributed by atoms with E-state index in [0.717, 1.165) is 23.3 Å². The van der Waals surface area contributed by atoms with Crippen LogP contribution in [0, 0.1) is 6.92 Å². The van der Waals surface area contributed by atoms with Crippen LogP contribution in [0.5, 0.6) is 0 Å². The number of rotatable bonds is 1. The Labute approximate surface area is 133 Å². The van der Waals surface area contributed by atoms with Crippen LogP contribution in [-0.2, 0) is 9.53 Å². The number of morpholine rings is 1. The van der Waals surface area contributed by atoms with Crippen LogP contribution in [0.4, 0.5) is 0 Å². The van der Waals surface area contributed by atoms with E-state index in [1.807, 2.05) is 19.1 Å². The number of likely N-dealkylation sites (tertiary alicyclic amines) is 1. The normalized spacial score (nSPS) is 24.4. The van der Waals surface area contributed by atoms with Crippen molar-refractivity contribution >= 4 is 22.8 Å². The molecule has 0 bridgehead atoms. The first kappa shape index (κ1) is 14.2. The quantitative estimate of drug-likeness (QED) is 0.807. The average Bonchev–Trinajstić information content (AvgIpc) is 2.92. The van der Waals surface area contributed by atoms with Crippen molar-refractivity contribution in [2.24, 2.45) is 0 Å². The lowest BCUT2D eigenvalue weighted by atomic mass is 9.99. The molecule has 0 spiro atoms. The number of carbonyl (C=O) groups excluding carboxylic acids is 2. The van der Waals surface area contributed by atoms with Crippen molar-refractivity contribution in [3.8, 4) is 0 Å². The minimum Gasteiger partial charge on any atom is -0.366 e. The third-order valence-electron chi connectivity index (χ3n) is 4.46. The number of H-pyrrole nitrogens is 1. The summed E-state index contributed by atoms with van der Waals surface area (Å²) in [6, 6.07) is 5.36. The van der Waals surface area contributed by atoms with Gasteiger partial charge in [0.2, 0.25) is 5.91 Å². The topological polar surface area (TPSA) is 87.3 Å². The van der Waals surface area contributed by atoms with Gasteiger partial charge < -0.3 is 19.9 Å². The van der Waals surface area contributed by atoms with E-state index >= 15 is 0 Å². The Morgan fingerprint density at radius 2 is 2.30 bits per heavy atom. The predicted molar refractivity (Wildman–Crippen MR) is 83.0 cm³/mol. The Morgan fingerprint density at radius 1 is 1.43 bits per heavy atom. The lowest BCUT2D eigenvalue weighted by molar-refractivity contribution is -0.139. The zero-order valence-corrected chi connectivity index (χ0v) is 12.8. The maximum Gasteiger partial charge on any atom is 0.254 e. The van der Waals surface area contributed by atoms with Crippen LogP contribution in [0.2, 0.25) is 0 Å². The van der Waals surface area contributed by atoms with Crippen molar-refractivity contribution < 1.29 is 14.3 Å².